The Morgan fingerprint density at radius 2 is 1.81 bits per heavy atom. The summed E-state index contributed by atoms with van der Waals surface area (Å²) in [6.45, 7) is 8.74. The van der Waals surface area contributed by atoms with Crippen molar-refractivity contribution in [3.8, 4) is 0 Å². The summed E-state index contributed by atoms with van der Waals surface area (Å²) >= 11 is 0. The van der Waals surface area contributed by atoms with Crippen molar-refractivity contribution in [3.63, 3.8) is 0 Å². The van der Waals surface area contributed by atoms with Gasteiger partial charge in [0.1, 0.15) is 6.04 Å². The molecule has 2 fully saturated rings. The lowest BCUT2D eigenvalue weighted by Crippen LogP contribution is -2.45. The van der Waals surface area contributed by atoms with Crippen molar-refractivity contribution >= 4 is 11.9 Å². The van der Waals surface area contributed by atoms with Gasteiger partial charge in [0.15, 0.2) is 5.82 Å². The fourth-order valence-corrected chi connectivity index (χ4v) is 4.19. The van der Waals surface area contributed by atoms with Crippen LogP contribution in [0.1, 0.15) is 63.7 Å². The minimum Gasteiger partial charge on any atom is -0.337 e. The van der Waals surface area contributed by atoms with Crippen LogP contribution in [0.25, 0.3) is 0 Å². The number of carbonyl (C=O) groups excluding carboxylic acids is 2. The highest BCUT2D eigenvalue weighted by Crippen LogP contribution is 2.32. The lowest BCUT2D eigenvalue weighted by Gasteiger charge is -2.30. The minimum atomic E-state index is -0.256. The second kappa shape index (κ2) is 8.71. The van der Waals surface area contributed by atoms with Crippen molar-refractivity contribution in [1.29, 1.82) is 0 Å². The summed E-state index contributed by atoms with van der Waals surface area (Å²) in [5.74, 6) is 1.31. The molecule has 0 aromatic carbocycles. The lowest BCUT2D eigenvalue weighted by atomic mass is 10.0. The number of urea groups is 1. The van der Waals surface area contributed by atoms with Crippen molar-refractivity contribution < 1.29 is 14.1 Å². The van der Waals surface area contributed by atoms with Crippen LogP contribution < -0.4 is 0 Å². The van der Waals surface area contributed by atoms with E-state index in [0.29, 0.717) is 50.9 Å². The van der Waals surface area contributed by atoms with Crippen LogP contribution in [0.2, 0.25) is 0 Å². The zero-order valence-electron chi connectivity index (χ0n) is 16.7. The summed E-state index contributed by atoms with van der Waals surface area (Å²) < 4.78 is 5.42. The Bertz CT molecular complexity index is 652. The van der Waals surface area contributed by atoms with E-state index in [2.05, 4.69) is 10.1 Å². The van der Waals surface area contributed by atoms with Gasteiger partial charge in [-0.05, 0) is 40.0 Å². The number of hydrogen-bond acceptors (Lipinski definition) is 5. The summed E-state index contributed by atoms with van der Waals surface area (Å²) in [6, 6.07) is -0.218. The molecule has 8 heteroatoms. The Morgan fingerprint density at radius 3 is 2.41 bits per heavy atom. The molecule has 1 aliphatic carbocycles. The Labute approximate surface area is 160 Å². The molecule has 0 bridgehead atoms. The van der Waals surface area contributed by atoms with Gasteiger partial charge in [0, 0.05) is 38.6 Å². The molecule has 8 nitrogen and oxygen atoms in total. The molecule has 27 heavy (non-hydrogen) atoms. The molecular weight excluding hydrogens is 346 g/mol. The van der Waals surface area contributed by atoms with Gasteiger partial charge in [-0.15, -0.1) is 0 Å². The van der Waals surface area contributed by atoms with E-state index in [4.69, 9.17) is 4.52 Å². The third kappa shape index (κ3) is 4.25. The molecule has 0 N–H and O–H groups in total. The van der Waals surface area contributed by atoms with E-state index >= 15 is 0 Å². The van der Waals surface area contributed by atoms with Crippen molar-refractivity contribution in [2.24, 2.45) is 5.92 Å². The van der Waals surface area contributed by atoms with E-state index in [9.17, 15) is 9.59 Å². The van der Waals surface area contributed by atoms with Crippen LogP contribution in [0.5, 0.6) is 0 Å². The Kier molecular flexibility index (Phi) is 6.34. The molecule has 1 saturated carbocycles. The van der Waals surface area contributed by atoms with Crippen LogP contribution in [0.3, 0.4) is 0 Å². The molecule has 0 radical (unpaired) electrons. The number of carbonyl (C=O) groups is 2. The van der Waals surface area contributed by atoms with Crippen molar-refractivity contribution in [2.75, 3.05) is 32.7 Å². The molecule has 2 heterocycles. The van der Waals surface area contributed by atoms with Gasteiger partial charge in [-0.3, -0.25) is 4.79 Å². The third-order valence-corrected chi connectivity index (χ3v) is 5.78. The first-order valence-electron chi connectivity index (χ1n) is 10.2. The van der Waals surface area contributed by atoms with Crippen LogP contribution >= 0.6 is 0 Å². The SMILES string of the molecule is CCN(CC)C(=O)N1CC[C@@H](c2nc(C)no2)N(C(=O)C2CCCC2)CC1. The predicted molar refractivity (Wildman–Crippen MR) is 100.0 cm³/mol. The van der Waals surface area contributed by atoms with Crippen LogP contribution in [-0.2, 0) is 4.79 Å². The number of aromatic nitrogens is 2. The molecular formula is C19H31N5O3. The van der Waals surface area contributed by atoms with Crippen LogP contribution in [0.15, 0.2) is 4.52 Å². The van der Waals surface area contributed by atoms with Gasteiger partial charge in [-0.1, -0.05) is 18.0 Å². The number of hydrogen-bond donors (Lipinski definition) is 0. The molecule has 3 amide bonds. The summed E-state index contributed by atoms with van der Waals surface area (Å²) in [4.78, 5) is 35.9. The average Bonchev–Trinajstić information content (AvgIpc) is 3.30. The summed E-state index contributed by atoms with van der Waals surface area (Å²) in [5.41, 5.74) is 0. The summed E-state index contributed by atoms with van der Waals surface area (Å²) in [5, 5.41) is 3.91. The number of aryl methyl sites for hydroxylation is 1. The van der Waals surface area contributed by atoms with Gasteiger partial charge in [-0.2, -0.15) is 4.98 Å². The molecule has 1 aromatic heterocycles. The van der Waals surface area contributed by atoms with E-state index in [1.165, 1.54) is 0 Å². The van der Waals surface area contributed by atoms with Crippen LogP contribution in [0.4, 0.5) is 4.79 Å². The largest absolute Gasteiger partial charge is 0.337 e. The van der Waals surface area contributed by atoms with Gasteiger partial charge in [-0.25, -0.2) is 4.79 Å². The van der Waals surface area contributed by atoms with Crippen molar-refractivity contribution in [1.82, 2.24) is 24.8 Å². The normalized spacial score (nSPS) is 21.4. The smallest absolute Gasteiger partial charge is 0.320 e. The maximum atomic E-state index is 13.2. The second-order valence-electron chi connectivity index (χ2n) is 7.44. The van der Waals surface area contributed by atoms with E-state index < -0.39 is 0 Å². The van der Waals surface area contributed by atoms with E-state index in [0.717, 1.165) is 25.7 Å². The standard InChI is InChI=1S/C19H31N5O3/c1-4-22(5-2)19(26)23-11-10-16(17-20-14(3)21-27-17)24(13-12-23)18(25)15-8-6-7-9-15/h15-16H,4-13H2,1-3H3/t16-/m0/s1. The predicted octanol–water partition coefficient (Wildman–Crippen LogP) is 2.61. The van der Waals surface area contributed by atoms with Gasteiger partial charge < -0.3 is 19.2 Å². The average molecular weight is 377 g/mol. The van der Waals surface area contributed by atoms with Crippen molar-refractivity contribution in [3.05, 3.63) is 11.7 Å². The molecule has 1 atom stereocenters. The zero-order valence-corrected chi connectivity index (χ0v) is 16.7. The fraction of sp³-hybridized carbons (Fsp3) is 0.789. The summed E-state index contributed by atoms with van der Waals surface area (Å²) in [6.07, 6.45) is 4.75. The van der Waals surface area contributed by atoms with E-state index in [-0.39, 0.29) is 23.9 Å². The maximum Gasteiger partial charge on any atom is 0.320 e. The van der Waals surface area contributed by atoms with E-state index in [1.807, 2.05) is 28.5 Å². The Morgan fingerprint density at radius 1 is 1.11 bits per heavy atom. The Hall–Kier alpha value is -2.12. The van der Waals surface area contributed by atoms with Gasteiger partial charge in [0.25, 0.3) is 0 Å². The molecule has 150 valence electrons. The fourth-order valence-electron chi connectivity index (χ4n) is 4.19. The maximum absolute atomic E-state index is 13.2. The molecule has 1 aliphatic heterocycles. The number of nitrogens with zero attached hydrogens (tertiary/aromatic N) is 5. The van der Waals surface area contributed by atoms with Gasteiger partial charge in [0.05, 0.1) is 0 Å². The first kappa shape index (κ1) is 19.6. The molecule has 3 rings (SSSR count). The lowest BCUT2D eigenvalue weighted by molar-refractivity contribution is -0.138. The molecule has 0 unspecified atom stereocenters. The minimum absolute atomic E-state index is 0.0376. The van der Waals surface area contributed by atoms with Crippen LogP contribution in [-0.4, -0.2) is 69.5 Å². The summed E-state index contributed by atoms with van der Waals surface area (Å²) in [7, 11) is 0. The second-order valence-corrected chi connectivity index (χ2v) is 7.44. The highest BCUT2D eigenvalue weighted by molar-refractivity contribution is 5.80. The topological polar surface area (TPSA) is 82.8 Å². The molecule has 0 spiro atoms. The van der Waals surface area contributed by atoms with Crippen LogP contribution in [0, 0.1) is 12.8 Å². The monoisotopic (exact) mass is 377 g/mol. The number of rotatable bonds is 4. The third-order valence-electron chi connectivity index (χ3n) is 5.78. The van der Waals surface area contributed by atoms with E-state index in [1.54, 1.807) is 6.92 Å². The first-order chi connectivity index (χ1) is 13.0. The highest BCUT2D eigenvalue weighted by atomic mass is 16.5. The van der Waals surface area contributed by atoms with Gasteiger partial charge >= 0.3 is 6.03 Å². The quantitative estimate of drug-likeness (QED) is 0.805. The number of amides is 3. The Balaban J connectivity index is 1.80. The molecule has 2 aliphatic rings. The molecule has 1 aromatic rings. The highest BCUT2D eigenvalue weighted by Gasteiger charge is 2.37. The zero-order chi connectivity index (χ0) is 19.4. The molecule has 1 saturated heterocycles. The first-order valence-corrected chi connectivity index (χ1v) is 10.2. The van der Waals surface area contributed by atoms with Gasteiger partial charge in [0.2, 0.25) is 11.8 Å². The van der Waals surface area contributed by atoms with Crippen molar-refractivity contribution in [2.45, 2.75) is 58.9 Å².